The summed E-state index contributed by atoms with van der Waals surface area (Å²) in [5.74, 6) is 1.91. The lowest BCUT2D eigenvalue weighted by Gasteiger charge is -2.11. The predicted octanol–water partition coefficient (Wildman–Crippen LogP) is 11.4. The second-order valence-corrected chi connectivity index (χ2v) is 11.9. The van der Waals surface area contributed by atoms with Gasteiger partial charge in [0.1, 0.15) is 0 Å². The zero-order valence-electron chi connectivity index (χ0n) is 26.8. The van der Waals surface area contributed by atoms with E-state index in [9.17, 15) is 5.26 Å². The zero-order chi connectivity index (χ0) is 33.9. The van der Waals surface area contributed by atoms with Gasteiger partial charge in [0, 0.05) is 22.3 Å². The molecule has 0 saturated carbocycles. The lowest BCUT2D eigenvalue weighted by atomic mass is 9.94. The van der Waals surface area contributed by atoms with Crippen LogP contribution < -0.4 is 0 Å². The molecule has 0 unspecified atom stereocenters. The summed E-state index contributed by atoms with van der Waals surface area (Å²) < 4.78 is 0. The van der Waals surface area contributed by atoms with E-state index in [1.165, 1.54) is 5.39 Å². The molecule has 8 rings (SSSR count). The predicted molar refractivity (Wildman–Crippen MR) is 201 cm³/mol. The van der Waals surface area contributed by atoms with Crippen molar-refractivity contribution < 1.29 is 0 Å². The lowest BCUT2D eigenvalue weighted by molar-refractivity contribution is 1.07. The van der Waals surface area contributed by atoms with Crippen LogP contribution in [0.5, 0.6) is 0 Å². The molecule has 0 amide bonds. The Morgan fingerprint density at radius 1 is 0.440 bits per heavy atom. The molecular formula is C45H27N5. The summed E-state index contributed by atoms with van der Waals surface area (Å²) in [6.45, 7) is 7.38. The molecule has 1 heterocycles. The van der Waals surface area contributed by atoms with E-state index in [2.05, 4.69) is 83.7 Å². The summed E-state index contributed by atoms with van der Waals surface area (Å²) in [4.78, 5) is 18.1. The first-order chi connectivity index (χ1) is 24.6. The Morgan fingerprint density at radius 3 is 1.54 bits per heavy atom. The fraction of sp³-hybridized carbons (Fsp3) is 0. The molecular weight excluding hydrogens is 611 g/mol. The number of fused-ring (bicyclic) bond motifs is 1. The number of hydrogen-bond acceptors (Lipinski definition) is 4. The van der Waals surface area contributed by atoms with Crippen molar-refractivity contribution in [3.63, 3.8) is 0 Å². The van der Waals surface area contributed by atoms with Gasteiger partial charge < -0.3 is 0 Å². The Bertz CT molecular complexity index is 2490. The number of benzene rings is 7. The van der Waals surface area contributed by atoms with Crippen molar-refractivity contribution >= 4 is 16.5 Å². The SMILES string of the molecule is [C-]#[N+]c1cc(C#N)cc(-c2ccc(-c3ccc4c(-c5ccc(-c6nc(-c7ccccc7)nc(-c7ccccc7)n6)cc5)cccc4c3)cc2)c1. The van der Waals surface area contributed by atoms with Crippen molar-refractivity contribution in [3.8, 4) is 73.6 Å². The van der Waals surface area contributed by atoms with Crippen molar-refractivity contribution in [1.82, 2.24) is 15.0 Å². The average Bonchev–Trinajstić information content (AvgIpc) is 3.20. The van der Waals surface area contributed by atoms with Gasteiger partial charge in [-0.15, -0.1) is 0 Å². The molecule has 0 aliphatic carbocycles. The topological polar surface area (TPSA) is 66.8 Å². The van der Waals surface area contributed by atoms with Crippen molar-refractivity contribution in [2.24, 2.45) is 0 Å². The van der Waals surface area contributed by atoms with Gasteiger partial charge in [-0.05, 0) is 68.4 Å². The summed E-state index contributed by atoms with van der Waals surface area (Å²) in [7, 11) is 0. The van der Waals surface area contributed by atoms with Crippen LogP contribution in [0.15, 0.2) is 164 Å². The van der Waals surface area contributed by atoms with Crippen molar-refractivity contribution in [3.05, 3.63) is 181 Å². The molecule has 0 N–H and O–H groups in total. The smallest absolute Gasteiger partial charge is 0.189 e. The molecule has 232 valence electrons. The molecule has 0 bridgehead atoms. The first-order valence-corrected chi connectivity index (χ1v) is 16.2. The Kier molecular flexibility index (Phi) is 7.91. The quantitative estimate of drug-likeness (QED) is 0.170. The van der Waals surface area contributed by atoms with Crippen LogP contribution in [0.25, 0.3) is 83.2 Å². The third-order valence-corrected chi connectivity index (χ3v) is 8.76. The monoisotopic (exact) mass is 637 g/mol. The summed E-state index contributed by atoms with van der Waals surface area (Å²) in [5, 5.41) is 11.7. The Hall–Kier alpha value is -7.21. The Balaban J connectivity index is 1.10. The number of nitriles is 1. The highest BCUT2D eigenvalue weighted by Crippen LogP contribution is 2.34. The van der Waals surface area contributed by atoms with Gasteiger partial charge >= 0.3 is 0 Å². The molecule has 50 heavy (non-hydrogen) atoms. The normalized spacial score (nSPS) is 10.8. The van der Waals surface area contributed by atoms with Gasteiger partial charge in [-0.2, -0.15) is 5.26 Å². The second-order valence-electron chi connectivity index (χ2n) is 11.9. The van der Waals surface area contributed by atoms with E-state index in [0.29, 0.717) is 28.7 Å². The van der Waals surface area contributed by atoms with E-state index in [4.69, 9.17) is 21.5 Å². The minimum Gasteiger partial charge on any atom is -0.238 e. The molecule has 0 atom stereocenters. The van der Waals surface area contributed by atoms with Crippen molar-refractivity contribution in [2.75, 3.05) is 0 Å². The summed E-state index contributed by atoms with van der Waals surface area (Å²) in [6.07, 6.45) is 0. The number of hydrogen-bond donors (Lipinski definition) is 0. The third-order valence-electron chi connectivity index (χ3n) is 8.76. The minimum absolute atomic E-state index is 0.461. The standard InChI is InChI=1S/C45H27N5/c1-47-40-26-30(29-46)25-39(28-40)32-17-15-31(16-18-32)37-23-24-42-38(27-37)13-8-14-41(42)33-19-21-36(22-20-33)45-49-43(34-9-4-2-5-10-34)48-44(50-45)35-11-6-3-7-12-35/h2-28H. The molecule has 0 radical (unpaired) electrons. The van der Waals surface area contributed by atoms with Gasteiger partial charge in [-0.25, -0.2) is 19.8 Å². The van der Waals surface area contributed by atoms with E-state index < -0.39 is 0 Å². The molecule has 5 nitrogen and oxygen atoms in total. The fourth-order valence-electron chi connectivity index (χ4n) is 6.21. The number of aromatic nitrogens is 3. The summed E-state index contributed by atoms with van der Waals surface area (Å²) in [5.41, 5.74) is 10.0. The fourth-order valence-corrected chi connectivity index (χ4v) is 6.21. The van der Waals surface area contributed by atoms with Crippen LogP contribution in [0, 0.1) is 17.9 Å². The van der Waals surface area contributed by atoms with Gasteiger partial charge in [0.15, 0.2) is 23.2 Å². The lowest BCUT2D eigenvalue weighted by Crippen LogP contribution is -2.00. The van der Waals surface area contributed by atoms with Crippen LogP contribution in [0.1, 0.15) is 5.56 Å². The largest absolute Gasteiger partial charge is 0.238 e. The Labute approximate surface area is 290 Å². The highest BCUT2D eigenvalue weighted by molar-refractivity contribution is 5.99. The van der Waals surface area contributed by atoms with Crippen molar-refractivity contribution in [2.45, 2.75) is 0 Å². The van der Waals surface area contributed by atoms with Gasteiger partial charge in [0.05, 0.1) is 12.6 Å². The summed E-state index contributed by atoms with van der Waals surface area (Å²) >= 11 is 0. The van der Waals surface area contributed by atoms with E-state index in [-0.39, 0.29) is 0 Å². The van der Waals surface area contributed by atoms with Crippen LogP contribution in [-0.4, -0.2) is 15.0 Å². The average molecular weight is 638 g/mol. The molecule has 0 spiro atoms. The second kappa shape index (κ2) is 13.1. The maximum atomic E-state index is 9.39. The van der Waals surface area contributed by atoms with Crippen LogP contribution >= 0.6 is 0 Å². The molecule has 0 fully saturated rings. The first-order valence-electron chi connectivity index (χ1n) is 16.2. The maximum absolute atomic E-state index is 9.39. The van der Waals surface area contributed by atoms with Crippen LogP contribution in [0.4, 0.5) is 5.69 Å². The van der Waals surface area contributed by atoms with Crippen molar-refractivity contribution in [1.29, 1.82) is 5.26 Å². The molecule has 7 aromatic carbocycles. The molecule has 0 aliphatic heterocycles. The highest BCUT2D eigenvalue weighted by atomic mass is 15.0. The molecule has 8 aromatic rings. The number of nitrogens with zero attached hydrogens (tertiary/aromatic N) is 5. The number of rotatable bonds is 6. The molecule has 0 saturated heterocycles. The van der Waals surface area contributed by atoms with Gasteiger partial charge in [0.2, 0.25) is 0 Å². The Morgan fingerprint density at radius 2 is 0.960 bits per heavy atom. The van der Waals surface area contributed by atoms with E-state index in [1.807, 2.05) is 84.9 Å². The van der Waals surface area contributed by atoms with Gasteiger partial charge in [-0.1, -0.05) is 140 Å². The molecule has 5 heteroatoms. The minimum atomic E-state index is 0.461. The van der Waals surface area contributed by atoms with Crippen LogP contribution in [-0.2, 0) is 0 Å². The van der Waals surface area contributed by atoms with Crippen LogP contribution in [0.3, 0.4) is 0 Å². The highest BCUT2D eigenvalue weighted by Gasteiger charge is 2.13. The summed E-state index contributed by atoms with van der Waals surface area (Å²) in [6, 6.07) is 57.0. The van der Waals surface area contributed by atoms with Gasteiger partial charge in [-0.3, -0.25) is 0 Å². The van der Waals surface area contributed by atoms with Crippen LogP contribution in [0.2, 0.25) is 0 Å². The molecule has 1 aromatic heterocycles. The molecule has 0 aliphatic rings. The first kappa shape index (κ1) is 30.1. The third kappa shape index (κ3) is 6.00. The van der Waals surface area contributed by atoms with E-state index in [1.54, 1.807) is 6.07 Å². The van der Waals surface area contributed by atoms with E-state index >= 15 is 0 Å². The zero-order valence-corrected chi connectivity index (χ0v) is 26.8. The van der Waals surface area contributed by atoms with E-state index in [0.717, 1.165) is 55.5 Å². The van der Waals surface area contributed by atoms with Gasteiger partial charge in [0.25, 0.3) is 0 Å². The maximum Gasteiger partial charge on any atom is 0.189 e.